The first kappa shape index (κ1) is 58.2. The van der Waals surface area contributed by atoms with Gasteiger partial charge in [0.15, 0.2) is 0 Å². The van der Waals surface area contributed by atoms with Crippen molar-refractivity contribution in [2.75, 3.05) is 40.9 Å². The lowest BCUT2D eigenvalue weighted by molar-refractivity contribution is -0.870. The molecule has 350 valence electrons. The minimum atomic E-state index is -4.61. The molecule has 0 aliphatic heterocycles. The molecule has 0 saturated heterocycles. The van der Waals surface area contributed by atoms with Gasteiger partial charge in [0.2, 0.25) is 5.91 Å². The number of phosphoric acid groups is 1. The molecule has 0 rings (SSSR count). The minimum absolute atomic E-state index is 0.0127. The van der Waals surface area contributed by atoms with E-state index >= 15 is 0 Å². The number of hydrogen-bond donors (Lipinski definition) is 2. The maximum Gasteiger partial charge on any atom is 0.268 e. The average Bonchev–Trinajstić information content (AvgIpc) is 3.20. The van der Waals surface area contributed by atoms with Crippen LogP contribution in [-0.2, 0) is 18.4 Å². The lowest BCUT2D eigenvalue weighted by Crippen LogP contribution is -2.45. The minimum Gasteiger partial charge on any atom is -0.756 e. The second-order valence-corrected chi connectivity index (χ2v) is 19.2. The van der Waals surface area contributed by atoms with Crippen LogP contribution in [0.4, 0.5) is 0 Å². The van der Waals surface area contributed by atoms with Crippen molar-refractivity contribution in [2.24, 2.45) is 0 Å². The Balaban J connectivity index is 4.45. The summed E-state index contributed by atoms with van der Waals surface area (Å²) >= 11 is 0. The van der Waals surface area contributed by atoms with Gasteiger partial charge >= 0.3 is 0 Å². The summed E-state index contributed by atoms with van der Waals surface area (Å²) in [4.78, 5) is 25.4. The first-order valence-electron chi connectivity index (χ1n) is 24.7. The van der Waals surface area contributed by atoms with Crippen LogP contribution in [0.25, 0.3) is 0 Å². The van der Waals surface area contributed by atoms with Crippen LogP contribution in [0.5, 0.6) is 0 Å². The fraction of sp³-hybridized carbons (Fsp3) is 0.784. The predicted octanol–water partition coefficient (Wildman–Crippen LogP) is 13.6. The molecule has 1 amide bonds. The molecule has 0 spiro atoms. The molecule has 0 aromatic carbocycles. The molecule has 0 aromatic heterocycles. The molecule has 0 aromatic rings. The molecule has 0 heterocycles. The highest BCUT2D eigenvalue weighted by molar-refractivity contribution is 7.45. The monoisotopic (exact) mass is 863 g/mol. The highest BCUT2D eigenvalue weighted by Gasteiger charge is 2.23. The van der Waals surface area contributed by atoms with E-state index in [2.05, 4.69) is 67.8 Å². The Kier molecular flexibility index (Phi) is 41.2. The summed E-state index contributed by atoms with van der Waals surface area (Å²) in [6, 6.07) is -0.915. The highest BCUT2D eigenvalue weighted by Crippen LogP contribution is 2.38. The van der Waals surface area contributed by atoms with Gasteiger partial charge in [-0.3, -0.25) is 9.36 Å². The molecule has 0 aliphatic rings. The normalized spacial score (nSPS) is 14.7. The maximum absolute atomic E-state index is 12.9. The first-order chi connectivity index (χ1) is 29.0. The van der Waals surface area contributed by atoms with Crippen molar-refractivity contribution < 1.29 is 32.9 Å². The summed E-state index contributed by atoms with van der Waals surface area (Å²) in [6.07, 6.45) is 55.6. The number of carbonyl (C=O) groups excluding carboxylic acids is 1. The molecule has 0 bridgehead atoms. The molecular formula is C51H95N2O6P. The molecule has 2 N–H and O–H groups in total. The smallest absolute Gasteiger partial charge is 0.268 e. The Bertz CT molecular complexity index is 1160. The van der Waals surface area contributed by atoms with Gasteiger partial charge in [0.25, 0.3) is 7.82 Å². The summed E-state index contributed by atoms with van der Waals surface area (Å²) in [5.74, 6) is -0.221. The van der Waals surface area contributed by atoms with Crippen molar-refractivity contribution in [3.05, 3.63) is 60.8 Å². The molecule has 3 unspecified atom stereocenters. The number of hydrogen-bond acceptors (Lipinski definition) is 6. The van der Waals surface area contributed by atoms with E-state index in [9.17, 15) is 19.4 Å². The Morgan fingerprint density at radius 1 is 0.583 bits per heavy atom. The summed E-state index contributed by atoms with van der Waals surface area (Å²) in [6.45, 7) is 4.58. The van der Waals surface area contributed by atoms with Gasteiger partial charge in [0.1, 0.15) is 13.2 Å². The van der Waals surface area contributed by atoms with Crippen molar-refractivity contribution in [3.8, 4) is 0 Å². The summed E-state index contributed by atoms with van der Waals surface area (Å²) < 4.78 is 23.2. The summed E-state index contributed by atoms with van der Waals surface area (Å²) in [5.41, 5.74) is 0. The molecule has 0 fully saturated rings. The largest absolute Gasteiger partial charge is 0.756 e. The molecule has 8 nitrogen and oxygen atoms in total. The van der Waals surface area contributed by atoms with Gasteiger partial charge in [-0.1, -0.05) is 184 Å². The standard InChI is InChI=1S/C51H95N2O6P/c1-6-8-10-12-14-16-18-20-22-24-25-26-27-29-30-32-34-36-38-40-42-44-50(54)49(48-59-60(56,57)58-47-46-53(3,4)5)52-51(55)45-43-41-39-37-35-33-31-28-23-21-19-17-15-13-11-9-7-2/h15,17,21,23,27,29,34,36,42,44,49-50,54H,6-14,16,18-20,22,24-26,28,30-33,35,37-41,43,45-48H2,1-5H3,(H-,52,55,56,57)/b17-15-,23-21-,29-27+,36-34+,44-42+. The van der Waals surface area contributed by atoms with Crippen molar-refractivity contribution in [1.82, 2.24) is 5.32 Å². The predicted molar refractivity (Wildman–Crippen MR) is 256 cm³/mol. The highest BCUT2D eigenvalue weighted by atomic mass is 31.2. The maximum atomic E-state index is 12.9. The van der Waals surface area contributed by atoms with Crippen LogP contribution in [0.1, 0.15) is 206 Å². The second-order valence-electron chi connectivity index (χ2n) is 17.8. The number of quaternary nitrogens is 1. The first-order valence-corrected chi connectivity index (χ1v) is 26.1. The van der Waals surface area contributed by atoms with Crippen LogP contribution in [0.15, 0.2) is 60.8 Å². The van der Waals surface area contributed by atoms with Gasteiger partial charge in [0.05, 0.1) is 39.9 Å². The van der Waals surface area contributed by atoms with Crippen molar-refractivity contribution in [1.29, 1.82) is 0 Å². The number of phosphoric ester groups is 1. The van der Waals surface area contributed by atoms with Gasteiger partial charge in [0, 0.05) is 6.42 Å². The van der Waals surface area contributed by atoms with Gasteiger partial charge in [-0.2, -0.15) is 0 Å². The van der Waals surface area contributed by atoms with Gasteiger partial charge in [-0.05, 0) is 77.0 Å². The number of unbranched alkanes of at least 4 members (excludes halogenated alkanes) is 23. The number of nitrogens with zero attached hydrogens (tertiary/aromatic N) is 1. The molecule has 0 saturated carbocycles. The number of nitrogens with one attached hydrogen (secondary N) is 1. The zero-order valence-corrected chi connectivity index (χ0v) is 40.5. The number of likely N-dealkylation sites (N-methyl/N-ethyl adjacent to an activating group) is 1. The quantitative estimate of drug-likeness (QED) is 0.0273. The Morgan fingerprint density at radius 2 is 0.983 bits per heavy atom. The van der Waals surface area contributed by atoms with E-state index in [0.29, 0.717) is 17.4 Å². The third-order valence-corrected chi connectivity index (χ3v) is 11.6. The topological polar surface area (TPSA) is 108 Å². The van der Waals surface area contributed by atoms with E-state index in [-0.39, 0.29) is 12.5 Å². The van der Waals surface area contributed by atoms with Gasteiger partial charge in [-0.25, -0.2) is 0 Å². The van der Waals surface area contributed by atoms with E-state index in [1.54, 1.807) is 6.08 Å². The average molecular weight is 863 g/mol. The lowest BCUT2D eigenvalue weighted by Gasteiger charge is -2.29. The number of allylic oxidation sites excluding steroid dienone is 9. The van der Waals surface area contributed by atoms with E-state index in [1.807, 2.05) is 27.2 Å². The summed E-state index contributed by atoms with van der Waals surface area (Å²) in [7, 11) is 1.22. The molecule has 0 aliphatic carbocycles. The van der Waals surface area contributed by atoms with Crippen LogP contribution in [-0.4, -0.2) is 68.5 Å². The molecule has 3 atom stereocenters. The third kappa shape index (κ3) is 44.3. The van der Waals surface area contributed by atoms with E-state index < -0.39 is 26.6 Å². The number of carbonyl (C=O) groups is 1. The van der Waals surface area contributed by atoms with E-state index in [4.69, 9.17) is 9.05 Å². The van der Waals surface area contributed by atoms with Crippen molar-refractivity contribution >= 4 is 13.7 Å². The Labute approximate surface area is 371 Å². The molecule has 60 heavy (non-hydrogen) atoms. The summed E-state index contributed by atoms with van der Waals surface area (Å²) in [5, 5.41) is 13.8. The Morgan fingerprint density at radius 3 is 1.48 bits per heavy atom. The number of aliphatic hydroxyl groups is 1. The van der Waals surface area contributed by atoms with Crippen LogP contribution in [0.3, 0.4) is 0 Å². The Hall–Kier alpha value is -1.80. The fourth-order valence-corrected chi connectivity index (χ4v) is 7.47. The third-order valence-electron chi connectivity index (χ3n) is 10.7. The number of rotatable bonds is 44. The van der Waals surface area contributed by atoms with Crippen molar-refractivity contribution in [3.63, 3.8) is 0 Å². The van der Waals surface area contributed by atoms with Crippen LogP contribution in [0, 0.1) is 0 Å². The van der Waals surface area contributed by atoms with Gasteiger partial charge < -0.3 is 28.8 Å². The molecular weight excluding hydrogens is 768 g/mol. The number of aliphatic hydroxyl groups excluding tert-OH is 1. The van der Waals surface area contributed by atoms with Crippen LogP contribution in [0.2, 0.25) is 0 Å². The van der Waals surface area contributed by atoms with Crippen molar-refractivity contribution in [2.45, 2.75) is 219 Å². The van der Waals surface area contributed by atoms with E-state index in [1.165, 1.54) is 122 Å². The zero-order chi connectivity index (χ0) is 44.3. The van der Waals surface area contributed by atoms with Gasteiger partial charge in [-0.15, -0.1) is 0 Å². The SMILES string of the molecule is CCCCC/C=C\C/C=C\CCCCCCCCCC(=O)NC(COP(=O)([O-])OCC[N+](C)(C)C)C(O)/C=C/CC/C=C/CC/C=C/CCCCCCCCCCCCC. The lowest BCUT2D eigenvalue weighted by atomic mass is 10.1. The zero-order valence-electron chi connectivity index (χ0n) is 39.6. The molecule has 0 radical (unpaired) electrons. The van der Waals surface area contributed by atoms with E-state index in [0.717, 1.165) is 64.2 Å². The van der Waals surface area contributed by atoms with Crippen LogP contribution < -0.4 is 10.2 Å². The fourth-order valence-electron chi connectivity index (χ4n) is 6.74. The molecule has 9 heteroatoms. The second kappa shape index (κ2) is 42.5. The van der Waals surface area contributed by atoms with Crippen LogP contribution >= 0.6 is 7.82 Å². The number of amides is 1.